The first-order valence-corrected chi connectivity index (χ1v) is 7.65. The molecule has 124 valence electrons. The second kappa shape index (κ2) is 8.33. The minimum atomic E-state index is 0.129. The zero-order valence-corrected chi connectivity index (χ0v) is 13.9. The molecule has 0 saturated carbocycles. The number of rotatable bonds is 7. The van der Waals surface area contributed by atoms with E-state index in [9.17, 15) is 0 Å². The van der Waals surface area contributed by atoms with Crippen molar-refractivity contribution in [2.75, 3.05) is 20.3 Å². The number of nitrogens with two attached hydrogens (primary N) is 1. The highest BCUT2D eigenvalue weighted by molar-refractivity contribution is 5.78. The molecule has 6 heteroatoms. The lowest BCUT2D eigenvalue weighted by atomic mass is 10.1. The van der Waals surface area contributed by atoms with Gasteiger partial charge in [0.2, 0.25) is 5.89 Å². The van der Waals surface area contributed by atoms with Crippen molar-refractivity contribution in [3.63, 3.8) is 0 Å². The van der Waals surface area contributed by atoms with E-state index in [0.717, 1.165) is 11.3 Å². The highest BCUT2D eigenvalue weighted by Gasteiger charge is 2.06. The highest BCUT2D eigenvalue weighted by atomic mass is 16.5. The van der Waals surface area contributed by atoms with Crippen molar-refractivity contribution in [3.8, 4) is 11.5 Å². The highest BCUT2D eigenvalue weighted by Crippen LogP contribution is 2.19. The number of nitrogens with zero attached hydrogens (tertiary/aromatic N) is 2. The summed E-state index contributed by atoms with van der Waals surface area (Å²) in [7, 11) is 1.65. The molecule has 0 spiro atoms. The summed E-state index contributed by atoms with van der Waals surface area (Å²) in [5, 5.41) is 3.06. The van der Waals surface area contributed by atoms with Gasteiger partial charge in [-0.3, -0.25) is 4.99 Å². The van der Waals surface area contributed by atoms with Crippen LogP contribution in [0.15, 0.2) is 39.9 Å². The summed E-state index contributed by atoms with van der Waals surface area (Å²) < 4.78 is 10.6. The fraction of sp³-hybridized carbons (Fsp3) is 0.412. The number of ether oxygens (including phenoxy) is 1. The summed E-state index contributed by atoms with van der Waals surface area (Å²) in [5.41, 5.74) is 8.86. The third-order valence-electron chi connectivity index (χ3n) is 3.31. The first-order chi connectivity index (χ1) is 11.1. The molecule has 2 aromatic rings. The number of aliphatic imine (C=N–C) groups is 1. The first-order valence-electron chi connectivity index (χ1n) is 7.65. The van der Waals surface area contributed by atoms with Gasteiger partial charge in [-0.25, -0.2) is 4.98 Å². The molecule has 0 amide bonds. The van der Waals surface area contributed by atoms with Crippen LogP contribution in [0.4, 0.5) is 0 Å². The fourth-order valence-corrected chi connectivity index (χ4v) is 2.13. The largest absolute Gasteiger partial charge is 0.444 e. The number of hydrogen-bond donors (Lipinski definition) is 2. The van der Waals surface area contributed by atoms with Crippen molar-refractivity contribution in [1.29, 1.82) is 0 Å². The van der Waals surface area contributed by atoms with E-state index in [1.54, 1.807) is 13.4 Å². The van der Waals surface area contributed by atoms with Gasteiger partial charge in [0.1, 0.15) is 6.26 Å². The summed E-state index contributed by atoms with van der Waals surface area (Å²) in [5.74, 6) is 1.04. The van der Waals surface area contributed by atoms with E-state index in [4.69, 9.17) is 14.9 Å². The van der Waals surface area contributed by atoms with Gasteiger partial charge in [-0.1, -0.05) is 17.7 Å². The number of aromatic nitrogens is 1. The average Bonchev–Trinajstić information content (AvgIpc) is 2.97. The van der Waals surface area contributed by atoms with Crippen LogP contribution in [0.3, 0.4) is 0 Å². The van der Waals surface area contributed by atoms with Crippen molar-refractivity contribution in [1.82, 2.24) is 10.3 Å². The third-order valence-corrected chi connectivity index (χ3v) is 3.31. The third kappa shape index (κ3) is 5.41. The van der Waals surface area contributed by atoms with Crippen molar-refractivity contribution in [2.45, 2.75) is 26.3 Å². The molecule has 1 atom stereocenters. The van der Waals surface area contributed by atoms with Crippen LogP contribution in [-0.4, -0.2) is 37.2 Å². The number of guanidine groups is 1. The second-order valence-electron chi connectivity index (χ2n) is 5.53. The zero-order chi connectivity index (χ0) is 16.7. The molecule has 6 nitrogen and oxygen atoms in total. The van der Waals surface area contributed by atoms with Crippen molar-refractivity contribution >= 4 is 5.96 Å². The Morgan fingerprint density at radius 3 is 2.83 bits per heavy atom. The Morgan fingerprint density at radius 1 is 1.39 bits per heavy atom. The molecular weight excluding hydrogens is 292 g/mol. The normalized spacial score (nSPS) is 13.1. The minimum absolute atomic E-state index is 0.129. The Balaban J connectivity index is 1.86. The molecule has 1 heterocycles. The van der Waals surface area contributed by atoms with Gasteiger partial charge in [-0.15, -0.1) is 0 Å². The average molecular weight is 316 g/mol. The molecule has 0 radical (unpaired) electrons. The van der Waals surface area contributed by atoms with Crippen LogP contribution in [-0.2, 0) is 11.2 Å². The van der Waals surface area contributed by atoms with E-state index in [0.29, 0.717) is 31.4 Å². The van der Waals surface area contributed by atoms with Crippen LogP contribution >= 0.6 is 0 Å². The van der Waals surface area contributed by atoms with Gasteiger partial charge >= 0.3 is 0 Å². The zero-order valence-electron chi connectivity index (χ0n) is 13.9. The van der Waals surface area contributed by atoms with E-state index in [1.807, 2.05) is 31.2 Å². The Bertz CT molecular complexity index is 634. The maximum absolute atomic E-state index is 5.82. The van der Waals surface area contributed by atoms with Gasteiger partial charge in [0.25, 0.3) is 0 Å². The Kier molecular flexibility index (Phi) is 6.17. The van der Waals surface area contributed by atoms with Crippen LogP contribution in [0.5, 0.6) is 0 Å². The van der Waals surface area contributed by atoms with Crippen LogP contribution in [0, 0.1) is 6.92 Å². The topological polar surface area (TPSA) is 85.7 Å². The predicted octanol–water partition coefficient (Wildman–Crippen LogP) is 2.13. The summed E-state index contributed by atoms with van der Waals surface area (Å²) in [6.07, 6.45) is 2.35. The quantitative estimate of drug-likeness (QED) is 0.604. The minimum Gasteiger partial charge on any atom is -0.444 e. The first kappa shape index (κ1) is 17.0. The predicted molar refractivity (Wildman–Crippen MR) is 91.3 cm³/mol. The Labute approximate surface area is 136 Å². The maximum atomic E-state index is 5.82. The molecule has 0 saturated heterocycles. The van der Waals surface area contributed by atoms with Gasteiger partial charge < -0.3 is 20.2 Å². The summed E-state index contributed by atoms with van der Waals surface area (Å²) in [6, 6.07) is 8.21. The summed E-state index contributed by atoms with van der Waals surface area (Å²) in [4.78, 5) is 8.76. The van der Waals surface area contributed by atoms with Crippen LogP contribution in [0.25, 0.3) is 11.5 Å². The second-order valence-corrected chi connectivity index (χ2v) is 5.53. The van der Waals surface area contributed by atoms with Gasteiger partial charge in [-0.2, -0.15) is 0 Å². The molecule has 0 fully saturated rings. The molecule has 1 aromatic carbocycles. The van der Waals surface area contributed by atoms with E-state index >= 15 is 0 Å². The number of nitrogens with one attached hydrogen (secondary N) is 1. The number of benzene rings is 1. The molecule has 1 aromatic heterocycles. The monoisotopic (exact) mass is 316 g/mol. The number of oxazole rings is 1. The molecule has 0 bridgehead atoms. The van der Waals surface area contributed by atoms with Crippen molar-refractivity contribution in [3.05, 3.63) is 41.8 Å². The maximum Gasteiger partial charge on any atom is 0.226 e. The number of methoxy groups -OCH3 is 1. The molecule has 0 aliphatic heterocycles. The summed E-state index contributed by atoms with van der Waals surface area (Å²) >= 11 is 0. The lowest BCUT2D eigenvalue weighted by Gasteiger charge is -2.12. The summed E-state index contributed by atoms with van der Waals surface area (Å²) in [6.45, 7) is 5.17. The molecule has 3 N–H and O–H groups in total. The van der Waals surface area contributed by atoms with Gasteiger partial charge in [0, 0.05) is 31.7 Å². The molecule has 1 unspecified atom stereocenters. The molecular formula is C17H24N4O2. The lowest BCUT2D eigenvalue weighted by Crippen LogP contribution is -2.40. The van der Waals surface area contributed by atoms with Crippen molar-refractivity contribution in [2.24, 2.45) is 10.7 Å². The van der Waals surface area contributed by atoms with E-state index in [-0.39, 0.29) is 6.04 Å². The number of aryl methyl sites for hydroxylation is 1. The standard InChI is InChI=1S/C17H24N4O2/c1-12-4-6-14(7-5-12)16-21-15(11-23-16)8-9-19-17(18)20-13(2)10-22-3/h4-7,11,13H,8-10H2,1-3H3,(H3,18,19,20). The van der Waals surface area contributed by atoms with Crippen LogP contribution in [0.2, 0.25) is 0 Å². The molecule has 23 heavy (non-hydrogen) atoms. The molecule has 2 rings (SSSR count). The number of hydrogen-bond acceptors (Lipinski definition) is 4. The smallest absolute Gasteiger partial charge is 0.226 e. The lowest BCUT2D eigenvalue weighted by molar-refractivity contribution is 0.179. The van der Waals surface area contributed by atoms with E-state index in [2.05, 4.69) is 22.2 Å². The Hall–Kier alpha value is -2.34. The molecule has 0 aliphatic rings. The SMILES string of the molecule is COCC(C)NC(N)=NCCc1coc(-c2ccc(C)cc2)n1. The van der Waals surface area contributed by atoms with E-state index < -0.39 is 0 Å². The van der Waals surface area contributed by atoms with Crippen LogP contribution < -0.4 is 11.1 Å². The molecule has 0 aliphatic carbocycles. The Morgan fingerprint density at radius 2 is 2.13 bits per heavy atom. The van der Waals surface area contributed by atoms with Crippen molar-refractivity contribution < 1.29 is 9.15 Å². The fourth-order valence-electron chi connectivity index (χ4n) is 2.13. The van der Waals surface area contributed by atoms with Gasteiger partial charge in [-0.05, 0) is 26.0 Å². The van der Waals surface area contributed by atoms with Crippen LogP contribution in [0.1, 0.15) is 18.2 Å². The van der Waals surface area contributed by atoms with Gasteiger partial charge in [0.05, 0.1) is 12.3 Å². The van der Waals surface area contributed by atoms with E-state index in [1.165, 1.54) is 5.56 Å². The van der Waals surface area contributed by atoms with Gasteiger partial charge in [0.15, 0.2) is 5.96 Å².